The Labute approximate surface area is 239 Å². The fourth-order valence-electron chi connectivity index (χ4n) is 6.40. The molecule has 0 amide bonds. The van der Waals surface area contributed by atoms with Gasteiger partial charge in [0.2, 0.25) is 11.8 Å². The van der Waals surface area contributed by atoms with Crippen LogP contribution >= 0.6 is 0 Å². The molecule has 2 saturated heterocycles. The highest BCUT2D eigenvalue weighted by atomic mass is 19.3. The smallest absolute Gasteiger partial charge is 0.296 e. The van der Waals surface area contributed by atoms with E-state index in [1.165, 1.54) is 4.57 Å². The zero-order chi connectivity index (χ0) is 28.2. The Bertz CT molecular complexity index is 1290. The number of ether oxygens (including phenoxy) is 3. The molecule has 0 atom stereocenters. The molecule has 0 bridgehead atoms. The summed E-state index contributed by atoms with van der Waals surface area (Å²) in [6.07, 6.45) is 3.67. The monoisotopic (exact) mass is 570 g/mol. The van der Waals surface area contributed by atoms with Crippen molar-refractivity contribution in [3.8, 4) is 11.7 Å². The highest BCUT2D eigenvalue weighted by Gasteiger charge is 2.27. The molecule has 6 rings (SSSR count). The molecule has 41 heavy (non-hydrogen) atoms. The number of rotatable bonds is 9. The molecule has 0 N–H and O–H groups in total. The summed E-state index contributed by atoms with van der Waals surface area (Å²) < 4.78 is 47.2. The van der Waals surface area contributed by atoms with Crippen LogP contribution in [-0.4, -0.2) is 90.2 Å². The second-order valence-electron chi connectivity index (χ2n) is 11.6. The van der Waals surface area contributed by atoms with Crippen LogP contribution in [-0.2, 0) is 9.47 Å². The highest BCUT2D eigenvalue weighted by Crippen LogP contribution is 2.32. The van der Waals surface area contributed by atoms with E-state index in [-0.39, 0.29) is 11.9 Å². The van der Waals surface area contributed by atoms with E-state index in [0.717, 1.165) is 70.7 Å². The number of hydrogen-bond acceptors (Lipinski definition) is 8. The van der Waals surface area contributed by atoms with Crippen LogP contribution < -0.4 is 9.64 Å². The topological polar surface area (TPSA) is 77.8 Å². The molecular formula is C30H40F2N6O3. The van der Waals surface area contributed by atoms with Crippen LogP contribution in [0, 0.1) is 11.8 Å². The van der Waals surface area contributed by atoms with Crippen LogP contribution in [0.25, 0.3) is 16.9 Å². The van der Waals surface area contributed by atoms with E-state index < -0.39 is 6.43 Å². The lowest BCUT2D eigenvalue weighted by atomic mass is 9.86. The van der Waals surface area contributed by atoms with Gasteiger partial charge >= 0.3 is 0 Å². The summed E-state index contributed by atoms with van der Waals surface area (Å²) in [4.78, 5) is 18.2. The lowest BCUT2D eigenvalue weighted by molar-refractivity contribution is 0.0510. The van der Waals surface area contributed by atoms with E-state index in [2.05, 4.69) is 16.9 Å². The van der Waals surface area contributed by atoms with Gasteiger partial charge in [0, 0.05) is 45.5 Å². The first-order chi connectivity index (χ1) is 20.0. The van der Waals surface area contributed by atoms with Gasteiger partial charge in [-0.2, -0.15) is 9.97 Å². The minimum atomic E-state index is -2.76. The molecule has 222 valence electrons. The van der Waals surface area contributed by atoms with E-state index in [1.807, 2.05) is 11.0 Å². The summed E-state index contributed by atoms with van der Waals surface area (Å²) in [6.45, 7) is 6.40. The Balaban J connectivity index is 1.18. The first-order valence-electron chi connectivity index (χ1n) is 14.9. The first kappa shape index (κ1) is 28.2. The Kier molecular flexibility index (Phi) is 8.92. The predicted octanol–water partition coefficient (Wildman–Crippen LogP) is 4.89. The van der Waals surface area contributed by atoms with Crippen molar-refractivity contribution in [1.82, 2.24) is 24.4 Å². The predicted molar refractivity (Wildman–Crippen MR) is 152 cm³/mol. The molecule has 9 nitrogen and oxygen atoms in total. The first-order valence-corrected chi connectivity index (χ1v) is 14.9. The van der Waals surface area contributed by atoms with Gasteiger partial charge in [0.15, 0.2) is 5.82 Å². The molecule has 0 unspecified atom stereocenters. The maximum atomic E-state index is 14.1. The maximum Gasteiger partial charge on any atom is 0.296 e. The van der Waals surface area contributed by atoms with E-state index in [4.69, 9.17) is 24.2 Å². The van der Waals surface area contributed by atoms with Gasteiger partial charge in [0.1, 0.15) is 11.9 Å². The van der Waals surface area contributed by atoms with Crippen molar-refractivity contribution >= 4 is 17.0 Å². The van der Waals surface area contributed by atoms with E-state index in [0.29, 0.717) is 60.9 Å². The van der Waals surface area contributed by atoms with Gasteiger partial charge in [-0.05, 0) is 69.5 Å². The van der Waals surface area contributed by atoms with Gasteiger partial charge in [-0.25, -0.2) is 13.8 Å². The molecule has 1 saturated carbocycles. The average Bonchev–Trinajstić information content (AvgIpc) is 3.39. The molecule has 0 radical (unpaired) electrons. The van der Waals surface area contributed by atoms with E-state index >= 15 is 0 Å². The minimum Gasteiger partial charge on any atom is -0.474 e. The third kappa shape index (κ3) is 6.79. The lowest BCUT2D eigenvalue weighted by Crippen LogP contribution is -2.37. The fraction of sp³-hybridized carbons (Fsp3) is 0.633. The van der Waals surface area contributed by atoms with Crippen LogP contribution in [0.1, 0.15) is 50.8 Å². The SMILES string of the molecule is CN(CC1CCOCC1)CC1CCC(Oc2cc(-n3c(C(F)F)nc4ccccc43)nc(N3CCOCC3)n2)CC1. The number of aromatic nitrogens is 4. The Morgan fingerprint density at radius 2 is 1.59 bits per heavy atom. The van der Waals surface area contributed by atoms with Gasteiger partial charge in [0.05, 0.1) is 24.2 Å². The molecule has 3 fully saturated rings. The molecule has 2 aromatic heterocycles. The Morgan fingerprint density at radius 1 is 0.902 bits per heavy atom. The molecule has 1 aliphatic carbocycles. The molecule has 1 aromatic carbocycles. The van der Waals surface area contributed by atoms with Gasteiger partial charge in [0.25, 0.3) is 6.43 Å². The summed E-state index contributed by atoms with van der Waals surface area (Å²) in [6, 6.07) is 8.81. The number of imidazole rings is 1. The second kappa shape index (κ2) is 13.0. The number of halogens is 2. The maximum absolute atomic E-state index is 14.1. The van der Waals surface area contributed by atoms with Gasteiger partial charge < -0.3 is 24.0 Å². The number of para-hydroxylation sites is 2. The number of nitrogens with zero attached hydrogens (tertiary/aromatic N) is 6. The largest absolute Gasteiger partial charge is 0.474 e. The van der Waals surface area contributed by atoms with Crippen LogP contribution in [0.15, 0.2) is 30.3 Å². The lowest BCUT2D eigenvalue weighted by Gasteiger charge is -2.33. The average molecular weight is 571 g/mol. The summed E-state index contributed by atoms with van der Waals surface area (Å²) in [5.74, 6) is 2.25. The number of fused-ring (bicyclic) bond motifs is 1. The summed E-state index contributed by atoms with van der Waals surface area (Å²) in [5, 5.41) is 0. The molecule has 2 aliphatic heterocycles. The zero-order valence-corrected chi connectivity index (χ0v) is 23.8. The van der Waals surface area contributed by atoms with Crippen molar-refractivity contribution < 1.29 is 23.0 Å². The third-order valence-electron chi connectivity index (χ3n) is 8.54. The number of morpholine rings is 1. The minimum absolute atomic E-state index is 0.0291. The van der Waals surface area contributed by atoms with Crippen LogP contribution in [0.2, 0.25) is 0 Å². The second-order valence-corrected chi connectivity index (χ2v) is 11.6. The van der Waals surface area contributed by atoms with E-state index in [1.54, 1.807) is 24.3 Å². The van der Waals surface area contributed by atoms with Gasteiger partial charge in [-0.3, -0.25) is 4.57 Å². The molecule has 4 heterocycles. The van der Waals surface area contributed by atoms with Crippen LogP contribution in [0.3, 0.4) is 0 Å². The Morgan fingerprint density at radius 3 is 2.32 bits per heavy atom. The van der Waals surface area contributed by atoms with Crippen molar-refractivity contribution in [2.24, 2.45) is 11.8 Å². The number of anilines is 1. The van der Waals surface area contributed by atoms with Crippen LogP contribution in [0.5, 0.6) is 5.88 Å². The zero-order valence-electron chi connectivity index (χ0n) is 23.8. The highest BCUT2D eigenvalue weighted by molar-refractivity contribution is 5.78. The molecule has 3 aromatic rings. The Hall–Kier alpha value is -2.89. The summed E-state index contributed by atoms with van der Waals surface area (Å²) >= 11 is 0. The third-order valence-corrected chi connectivity index (χ3v) is 8.54. The standard InChI is InChI=1S/C30H40F2N6O3/c1-36(20-22-10-14-39-15-11-22)19-21-6-8-23(9-7-21)41-27-18-26(34-30(35-27)37-12-16-40-17-13-37)38-25-5-3-2-4-24(25)33-29(38)28(31)32/h2-5,18,21-23,28H,6-17,19-20H2,1H3. The van der Waals surface area contributed by atoms with Crippen molar-refractivity contribution in [2.45, 2.75) is 51.1 Å². The van der Waals surface area contributed by atoms with E-state index in [9.17, 15) is 8.78 Å². The molecule has 0 spiro atoms. The molecule has 11 heteroatoms. The fourth-order valence-corrected chi connectivity index (χ4v) is 6.40. The van der Waals surface area contributed by atoms with Crippen molar-refractivity contribution in [3.63, 3.8) is 0 Å². The molecular weight excluding hydrogens is 530 g/mol. The number of benzene rings is 1. The summed E-state index contributed by atoms with van der Waals surface area (Å²) in [7, 11) is 2.24. The van der Waals surface area contributed by atoms with Crippen molar-refractivity contribution in [2.75, 3.05) is 64.6 Å². The van der Waals surface area contributed by atoms with Gasteiger partial charge in [-0.1, -0.05) is 12.1 Å². The van der Waals surface area contributed by atoms with Crippen molar-refractivity contribution in [1.29, 1.82) is 0 Å². The number of alkyl halides is 2. The van der Waals surface area contributed by atoms with Crippen LogP contribution in [0.4, 0.5) is 14.7 Å². The molecule has 3 aliphatic rings. The quantitative estimate of drug-likeness (QED) is 0.360. The van der Waals surface area contributed by atoms with Gasteiger partial charge in [-0.15, -0.1) is 0 Å². The summed E-state index contributed by atoms with van der Waals surface area (Å²) in [5.41, 5.74) is 1.07. The number of hydrogen-bond donors (Lipinski definition) is 0. The van der Waals surface area contributed by atoms with Crippen molar-refractivity contribution in [3.05, 3.63) is 36.2 Å². The normalized spacial score (nSPS) is 22.6.